The van der Waals surface area contributed by atoms with Crippen LogP contribution < -0.4 is 0 Å². The van der Waals surface area contributed by atoms with Crippen LogP contribution in [0, 0.1) is 5.92 Å². The summed E-state index contributed by atoms with van der Waals surface area (Å²) >= 11 is 12.1. The molecule has 2 fully saturated rings. The van der Waals surface area contributed by atoms with Gasteiger partial charge in [0, 0.05) is 18.5 Å². The molecule has 0 aromatic heterocycles. The van der Waals surface area contributed by atoms with Crippen LogP contribution in [-0.4, -0.2) is 24.5 Å². The summed E-state index contributed by atoms with van der Waals surface area (Å²) in [6.45, 7) is 5.97. The maximum Gasteiger partial charge on any atom is 0.0595 e. The van der Waals surface area contributed by atoms with Crippen molar-refractivity contribution in [3.05, 3.63) is 33.8 Å². The number of piperidine rings is 1. The summed E-state index contributed by atoms with van der Waals surface area (Å²) in [5.41, 5.74) is 1.78. The Hall–Kier alpha value is -0.240. The molecule has 1 heterocycles. The van der Waals surface area contributed by atoms with Crippen molar-refractivity contribution in [1.29, 1.82) is 0 Å². The average Bonchev–Trinajstić information content (AvgIpc) is 2.93. The summed E-state index contributed by atoms with van der Waals surface area (Å²) < 4.78 is 0. The van der Waals surface area contributed by atoms with Gasteiger partial charge in [-0.25, -0.2) is 0 Å². The molecule has 1 saturated heterocycles. The largest absolute Gasteiger partial charge is 0.302 e. The maximum absolute atomic E-state index is 6.15. The average molecular weight is 284 g/mol. The Morgan fingerprint density at radius 3 is 2.89 bits per heavy atom. The van der Waals surface area contributed by atoms with E-state index in [-0.39, 0.29) is 0 Å². The van der Waals surface area contributed by atoms with E-state index in [1.165, 1.54) is 44.5 Å². The number of unbranched alkanes of at least 4 members (excludes halogenated alkanes) is 1. The quantitative estimate of drug-likeness (QED) is 0.793. The first-order valence-corrected chi connectivity index (χ1v) is 7.59. The standard InChI is InChI=1S/C15H19Cl2N/c1-2-3-6-18-9-12-8-15(12,10-18)11-4-5-13(16)14(17)7-11/h4-5,7,12H,2-3,6,8-10H2,1H3/t12-,15-/m0/s1. The zero-order chi connectivity index (χ0) is 12.8. The summed E-state index contributed by atoms with van der Waals surface area (Å²) in [7, 11) is 0. The molecule has 98 valence electrons. The zero-order valence-corrected chi connectivity index (χ0v) is 12.3. The van der Waals surface area contributed by atoms with Crippen LogP contribution in [0.25, 0.3) is 0 Å². The number of likely N-dealkylation sites (tertiary alicyclic amines) is 1. The summed E-state index contributed by atoms with van der Waals surface area (Å²) in [5.74, 6) is 0.839. The van der Waals surface area contributed by atoms with Crippen LogP contribution in [0.5, 0.6) is 0 Å². The van der Waals surface area contributed by atoms with Gasteiger partial charge in [-0.2, -0.15) is 0 Å². The number of halogens is 2. The molecule has 0 amide bonds. The summed E-state index contributed by atoms with van der Waals surface area (Å²) in [6.07, 6.45) is 3.92. The van der Waals surface area contributed by atoms with E-state index in [2.05, 4.69) is 24.0 Å². The van der Waals surface area contributed by atoms with Crippen molar-refractivity contribution < 1.29 is 0 Å². The molecule has 2 atom stereocenters. The molecule has 3 rings (SSSR count). The van der Waals surface area contributed by atoms with Crippen LogP contribution in [0.3, 0.4) is 0 Å². The summed E-state index contributed by atoms with van der Waals surface area (Å²) in [4.78, 5) is 2.61. The second-order valence-electron chi connectivity index (χ2n) is 5.77. The first kappa shape index (κ1) is 12.8. The third-order valence-electron chi connectivity index (χ3n) is 4.54. The van der Waals surface area contributed by atoms with E-state index in [4.69, 9.17) is 23.2 Å². The van der Waals surface area contributed by atoms with E-state index >= 15 is 0 Å². The van der Waals surface area contributed by atoms with Gasteiger partial charge in [-0.3, -0.25) is 0 Å². The molecule has 0 unspecified atom stereocenters. The Morgan fingerprint density at radius 2 is 2.17 bits per heavy atom. The first-order valence-electron chi connectivity index (χ1n) is 6.83. The SMILES string of the molecule is CCCCN1C[C@@H]2C[C@@]2(c2ccc(Cl)c(Cl)c2)C1. The van der Waals surface area contributed by atoms with E-state index in [1.54, 1.807) is 0 Å². The van der Waals surface area contributed by atoms with Gasteiger partial charge in [0.1, 0.15) is 0 Å². The van der Waals surface area contributed by atoms with Gasteiger partial charge in [0.15, 0.2) is 0 Å². The van der Waals surface area contributed by atoms with Gasteiger partial charge < -0.3 is 4.90 Å². The summed E-state index contributed by atoms with van der Waals surface area (Å²) in [5, 5.41) is 1.36. The second-order valence-corrected chi connectivity index (χ2v) is 6.59. The van der Waals surface area contributed by atoms with Gasteiger partial charge in [-0.1, -0.05) is 42.6 Å². The van der Waals surface area contributed by atoms with E-state index < -0.39 is 0 Å². The number of nitrogens with zero attached hydrogens (tertiary/aromatic N) is 1. The molecule has 1 aliphatic heterocycles. The van der Waals surface area contributed by atoms with Gasteiger partial charge in [-0.05, 0) is 43.0 Å². The predicted molar refractivity (Wildman–Crippen MR) is 77.6 cm³/mol. The van der Waals surface area contributed by atoms with Gasteiger partial charge in [0.05, 0.1) is 10.0 Å². The third-order valence-corrected chi connectivity index (χ3v) is 5.28. The fraction of sp³-hybridized carbons (Fsp3) is 0.600. The smallest absolute Gasteiger partial charge is 0.0595 e. The van der Waals surface area contributed by atoms with Crippen LogP contribution in [0.4, 0.5) is 0 Å². The second kappa shape index (κ2) is 4.70. The highest BCUT2D eigenvalue weighted by Crippen LogP contribution is 2.59. The molecule has 0 spiro atoms. The zero-order valence-electron chi connectivity index (χ0n) is 10.8. The normalized spacial score (nSPS) is 30.5. The van der Waals surface area contributed by atoms with E-state index in [1.807, 2.05) is 6.07 Å². The fourth-order valence-corrected chi connectivity index (χ4v) is 3.69. The molecule has 3 heteroatoms. The van der Waals surface area contributed by atoms with E-state index in [9.17, 15) is 0 Å². The highest BCUT2D eigenvalue weighted by molar-refractivity contribution is 6.42. The molecule has 18 heavy (non-hydrogen) atoms. The number of fused-ring (bicyclic) bond motifs is 1. The van der Waals surface area contributed by atoms with E-state index in [0.717, 1.165) is 5.92 Å². The van der Waals surface area contributed by atoms with Crippen molar-refractivity contribution in [2.75, 3.05) is 19.6 Å². The molecular formula is C15H19Cl2N. The molecule has 1 nitrogen and oxygen atoms in total. The Morgan fingerprint density at radius 1 is 1.33 bits per heavy atom. The molecule has 1 saturated carbocycles. The van der Waals surface area contributed by atoms with Crippen LogP contribution >= 0.6 is 23.2 Å². The third kappa shape index (κ3) is 2.07. The van der Waals surface area contributed by atoms with Crippen molar-refractivity contribution in [3.8, 4) is 0 Å². The van der Waals surface area contributed by atoms with Crippen LogP contribution in [-0.2, 0) is 5.41 Å². The monoisotopic (exact) mass is 283 g/mol. The number of hydrogen-bond donors (Lipinski definition) is 0. The van der Waals surface area contributed by atoms with Crippen molar-refractivity contribution in [2.45, 2.75) is 31.6 Å². The molecule has 1 aliphatic carbocycles. The Kier molecular flexibility index (Phi) is 3.34. The van der Waals surface area contributed by atoms with Gasteiger partial charge in [0.2, 0.25) is 0 Å². The van der Waals surface area contributed by atoms with Crippen molar-refractivity contribution in [2.24, 2.45) is 5.92 Å². The van der Waals surface area contributed by atoms with Crippen LogP contribution in [0.15, 0.2) is 18.2 Å². The Labute approximate surface area is 119 Å². The molecule has 0 N–H and O–H groups in total. The Balaban J connectivity index is 1.75. The molecule has 0 bridgehead atoms. The minimum atomic E-state index is 0.391. The maximum atomic E-state index is 6.15. The van der Waals surface area contributed by atoms with E-state index in [0.29, 0.717) is 15.5 Å². The minimum Gasteiger partial charge on any atom is -0.302 e. The topological polar surface area (TPSA) is 3.24 Å². The Bertz CT molecular complexity index is 460. The lowest BCUT2D eigenvalue weighted by atomic mass is 9.95. The fourth-order valence-electron chi connectivity index (χ4n) is 3.39. The lowest BCUT2D eigenvalue weighted by Gasteiger charge is -2.21. The number of rotatable bonds is 4. The van der Waals surface area contributed by atoms with Crippen molar-refractivity contribution >= 4 is 23.2 Å². The number of hydrogen-bond acceptors (Lipinski definition) is 1. The lowest BCUT2D eigenvalue weighted by Crippen LogP contribution is -2.27. The first-order chi connectivity index (χ1) is 8.65. The molecule has 2 aliphatic rings. The highest BCUT2D eigenvalue weighted by atomic mass is 35.5. The van der Waals surface area contributed by atoms with Gasteiger partial charge in [0.25, 0.3) is 0 Å². The predicted octanol–water partition coefficient (Wildman–Crippen LogP) is 4.37. The number of benzene rings is 1. The highest BCUT2D eigenvalue weighted by Gasteiger charge is 2.60. The van der Waals surface area contributed by atoms with Gasteiger partial charge in [-0.15, -0.1) is 0 Å². The van der Waals surface area contributed by atoms with Crippen molar-refractivity contribution in [3.63, 3.8) is 0 Å². The molecule has 1 aromatic carbocycles. The lowest BCUT2D eigenvalue weighted by molar-refractivity contribution is 0.293. The molecule has 0 radical (unpaired) electrons. The molecule has 1 aromatic rings. The van der Waals surface area contributed by atoms with Crippen LogP contribution in [0.1, 0.15) is 31.7 Å². The van der Waals surface area contributed by atoms with Crippen LogP contribution in [0.2, 0.25) is 10.0 Å². The molecular weight excluding hydrogens is 265 g/mol. The summed E-state index contributed by atoms with van der Waals surface area (Å²) in [6, 6.07) is 6.18. The van der Waals surface area contributed by atoms with Crippen molar-refractivity contribution in [1.82, 2.24) is 4.90 Å². The van der Waals surface area contributed by atoms with Gasteiger partial charge >= 0.3 is 0 Å². The minimum absolute atomic E-state index is 0.391.